The van der Waals surface area contributed by atoms with E-state index in [0.717, 1.165) is 44.1 Å². The van der Waals surface area contributed by atoms with Crippen LogP contribution in [0.1, 0.15) is 22.3 Å². The van der Waals surface area contributed by atoms with Crippen molar-refractivity contribution in [3.63, 3.8) is 0 Å². The minimum absolute atomic E-state index is 0. The lowest BCUT2D eigenvalue weighted by Gasteiger charge is -2.29. The average Bonchev–Trinajstić information content (AvgIpc) is 3.32. The molecule has 0 radical (unpaired) electrons. The van der Waals surface area contributed by atoms with Crippen molar-refractivity contribution in [1.29, 1.82) is 0 Å². The number of halogens is 4. The summed E-state index contributed by atoms with van der Waals surface area (Å²) in [6, 6.07) is 85.0. The van der Waals surface area contributed by atoms with Crippen LogP contribution in [0, 0.1) is 0 Å². The maximum atomic E-state index is 2.24. The largest absolute Gasteiger partial charge is 1.00 e. The molecule has 0 aliphatic carbocycles. The van der Waals surface area contributed by atoms with E-state index in [2.05, 4.69) is 299 Å². The van der Waals surface area contributed by atoms with Crippen molar-refractivity contribution in [2.45, 2.75) is 26.2 Å². The first-order valence-electron chi connectivity index (χ1n) is 22.4. The first-order chi connectivity index (χ1) is 30.7. The van der Waals surface area contributed by atoms with E-state index in [1.165, 1.54) is 45.0 Å². The third kappa shape index (κ3) is 19.7. The van der Waals surface area contributed by atoms with Crippen LogP contribution in [-0.2, 0) is 26.2 Å². The van der Waals surface area contributed by atoms with Crippen LogP contribution in [0.4, 0.5) is 22.7 Å². The second-order valence-corrected chi connectivity index (χ2v) is 18.7. The molecule has 360 valence electrons. The average molecular weight is 925 g/mol. The van der Waals surface area contributed by atoms with Crippen molar-refractivity contribution < 1.29 is 18.8 Å². The molecule has 0 aliphatic heterocycles. The van der Waals surface area contributed by atoms with Gasteiger partial charge in [0, 0.05) is 22.3 Å². The molecule has 0 fully saturated rings. The number of quaternary nitrogens is 4. The van der Waals surface area contributed by atoms with Crippen LogP contribution in [0.5, 0.6) is 0 Å². The highest BCUT2D eigenvalue weighted by Crippen LogP contribution is 2.24. The lowest BCUT2D eigenvalue weighted by Crippen LogP contribution is -3.00. The summed E-state index contributed by atoms with van der Waals surface area (Å²) in [4.78, 5) is 0. The van der Waals surface area contributed by atoms with Crippen LogP contribution in [-0.4, -0.2) is 56.4 Å². The Morgan fingerprint density at radius 2 is 0.309 bits per heavy atom. The summed E-state index contributed by atoms with van der Waals surface area (Å²) >= 11 is 0. The van der Waals surface area contributed by atoms with Gasteiger partial charge in [0.1, 0.15) is 48.9 Å². The molecule has 8 aromatic rings. The van der Waals surface area contributed by atoms with Gasteiger partial charge < -0.3 is 18.8 Å². The van der Waals surface area contributed by atoms with E-state index in [1.807, 2.05) is 0 Å². The summed E-state index contributed by atoms with van der Waals surface area (Å²) in [5.41, 5.74) is 10.8. The Labute approximate surface area is 405 Å². The quantitative estimate of drug-likeness (QED) is 0.130. The number of benzene rings is 8. The van der Waals surface area contributed by atoms with E-state index >= 15 is 0 Å². The molecule has 0 aromatic heterocycles. The summed E-state index contributed by atoms with van der Waals surface area (Å²) in [6.45, 7) is 4.07. The van der Waals surface area contributed by atoms with Crippen LogP contribution >= 0.6 is 0 Å². The zero-order chi connectivity index (χ0) is 45.7. The molecule has 0 aliphatic rings. The van der Waals surface area contributed by atoms with E-state index in [1.54, 1.807) is 0 Å². The standard InChI is InChI=1S/4C15H18N.4FH/c4*1-16(2,15-11-7-4-8-12-15)13-14-9-5-3-6-10-14;;;;/h4*3-12H,13H2,1-2H3;4*1H/q4*+1;;;;/p-4. The fraction of sp³-hybridized carbons (Fsp3) is 0.200. The predicted molar refractivity (Wildman–Crippen MR) is 281 cm³/mol. The third-order valence-electron chi connectivity index (χ3n) is 11.5. The van der Waals surface area contributed by atoms with E-state index in [4.69, 9.17) is 0 Å². The number of para-hydroxylation sites is 4. The molecule has 68 heavy (non-hydrogen) atoms. The highest BCUT2D eigenvalue weighted by molar-refractivity contribution is 5.44. The number of rotatable bonds is 12. The van der Waals surface area contributed by atoms with Gasteiger partial charge in [-0.3, -0.25) is 17.9 Å². The lowest BCUT2D eigenvalue weighted by atomic mass is 10.2. The summed E-state index contributed by atoms with van der Waals surface area (Å²) in [6.07, 6.45) is 0. The number of hydrogen-bond acceptors (Lipinski definition) is 0. The lowest BCUT2D eigenvalue weighted by molar-refractivity contribution is -0.00100. The summed E-state index contributed by atoms with van der Waals surface area (Å²) in [7, 11) is 17.9. The van der Waals surface area contributed by atoms with Gasteiger partial charge in [0.05, 0.1) is 56.4 Å². The Morgan fingerprint density at radius 3 is 0.441 bits per heavy atom. The van der Waals surface area contributed by atoms with Gasteiger partial charge in [-0.05, 0) is 48.5 Å². The van der Waals surface area contributed by atoms with Crippen molar-refractivity contribution in [2.75, 3.05) is 56.4 Å². The van der Waals surface area contributed by atoms with Crippen LogP contribution in [0.15, 0.2) is 243 Å². The Balaban J connectivity index is 0.000000445. The van der Waals surface area contributed by atoms with E-state index in [-0.39, 0.29) is 18.8 Å². The van der Waals surface area contributed by atoms with Crippen LogP contribution in [0.2, 0.25) is 0 Å². The van der Waals surface area contributed by atoms with Crippen molar-refractivity contribution in [2.24, 2.45) is 0 Å². The van der Waals surface area contributed by atoms with E-state index < -0.39 is 0 Å². The SMILES string of the molecule is C[N+](C)(Cc1ccccc1)c1ccccc1.C[N+](C)(Cc1ccccc1)c1ccccc1.C[N+](C)(Cc1ccccc1)c1ccccc1.C[N+](C)(Cc1ccccc1)c1ccccc1.[F-].[F-].[F-].[F-]. The topological polar surface area (TPSA) is 0 Å². The van der Waals surface area contributed by atoms with Crippen LogP contribution < -0.4 is 36.7 Å². The monoisotopic (exact) mass is 925 g/mol. The Hall–Kier alpha value is -6.68. The molecule has 8 rings (SSSR count). The number of nitrogens with zero attached hydrogens (tertiary/aromatic N) is 4. The molecule has 0 amide bonds. The molecular weight excluding hydrogens is 853 g/mol. The van der Waals surface area contributed by atoms with Crippen molar-refractivity contribution in [3.05, 3.63) is 265 Å². The maximum absolute atomic E-state index is 2.24. The summed E-state index contributed by atoms with van der Waals surface area (Å²) in [5.74, 6) is 0. The molecule has 4 nitrogen and oxygen atoms in total. The molecule has 8 heteroatoms. The predicted octanol–water partition coefficient (Wildman–Crippen LogP) is 1.83. The Bertz CT molecular complexity index is 2100. The summed E-state index contributed by atoms with van der Waals surface area (Å²) < 4.78 is 3.52. The maximum Gasteiger partial charge on any atom is 0.132 e. The van der Waals surface area contributed by atoms with Gasteiger partial charge in [0.15, 0.2) is 0 Å². The van der Waals surface area contributed by atoms with E-state index in [9.17, 15) is 0 Å². The van der Waals surface area contributed by atoms with Gasteiger partial charge >= 0.3 is 0 Å². The third-order valence-corrected chi connectivity index (χ3v) is 11.5. The Morgan fingerprint density at radius 1 is 0.191 bits per heavy atom. The smallest absolute Gasteiger partial charge is 0.132 e. The van der Waals surface area contributed by atoms with Crippen molar-refractivity contribution in [3.8, 4) is 0 Å². The zero-order valence-electron chi connectivity index (χ0n) is 41.2. The van der Waals surface area contributed by atoms with Gasteiger partial charge in [0.25, 0.3) is 0 Å². The molecule has 0 atom stereocenters. The van der Waals surface area contributed by atoms with Crippen LogP contribution in [0.3, 0.4) is 0 Å². The van der Waals surface area contributed by atoms with Gasteiger partial charge in [-0.15, -0.1) is 0 Å². The van der Waals surface area contributed by atoms with Gasteiger partial charge in [0.2, 0.25) is 0 Å². The fourth-order valence-corrected chi connectivity index (χ4v) is 7.85. The summed E-state index contributed by atoms with van der Waals surface area (Å²) in [5, 5.41) is 0. The van der Waals surface area contributed by atoms with Gasteiger partial charge in [-0.2, -0.15) is 0 Å². The molecule has 0 bridgehead atoms. The number of hydrogen-bond donors (Lipinski definition) is 0. The second-order valence-electron chi connectivity index (χ2n) is 18.7. The first kappa shape index (κ1) is 59.3. The van der Waals surface area contributed by atoms with Gasteiger partial charge in [-0.25, -0.2) is 0 Å². The zero-order valence-corrected chi connectivity index (χ0v) is 41.2. The van der Waals surface area contributed by atoms with Crippen molar-refractivity contribution >= 4 is 22.7 Å². The second kappa shape index (κ2) is 29.2. The fourth-order valence-electron chi connectivity index (χ4n) is 7.85. The molecular formula is C60H72F4N4. The molecule has 8 aromatic carbocycles. The minimum atomic E-state index is 0. The highest BCUT2D eigenvalue weighted by Gasteiger charge is 2.21. The molecule has 0 spiro atoms. The van der Waals surface area contributed by atoms with Gasteiger partial charge in [-0.1, -0.05) is 194 Å². The van der Waals surface area contributed by atoms with E-state index in [0.29, 0.717) is 0 Å². The van der Waals surface area contributed by atoms with Crippen molar-refractivity contribution in [1.82, 2.24) is 17.9 Å². The Kier molecular flexibility index (Phi) is 25.4. The first-order valence-corrected chi connectivity index (χ1v) is 22.4. The highest BCUT2D eigenvalue weighted by atomic mass is 19.0. The molecule has 0 unspecified atom stereocenters. The minimum Gasteiger partial charge on any atom is -1.00 e. The normalized spacial score (nSPS) is 10.7. The molecule has 0 N–H and O–H groups in total. The molecule has 0 saturated carbocycles. The molecule has 0 saturated heterocycles. The van der Waals surface area contributed by atoms with Crippen LogP contribution in [0.25, 0.3) is 0 Å². The molecule has 0 heterocycles.